The van der Waals surface area contributed by atoms with Gasteiger partial charge in [0, 0.05) is 39.0 Å². The highest BCUT2D eigenvalue weighted by molar-refractivity contribution is 5.92. The minimum Gasteiger partial charge on any atom is -0.436 e. The fourth-order valence-corrected chi connectivity index (χ4v) is 9.84. The first-order valence-electron chi connectivity index (χ1n) is 19.8. The molecule has 3 aliphatic rings. The third-order valence-corrected chi connectivity index (χ3v) is 12.8. The van der Waals surface area contributed by atoms with Crippen molar-refractivity contribution in [1.29, 1.82) is 0 Å². The SMILES string of the molecule is CC1(C)c2ccccc2-c2ccc(N(c3ccc(C4=Cc5ccc6nc(-c7ccccc7)oc6c5CC4)cc3)c3ccc4c(c3)C(C)(C)c3ccccc3-4)cc21. The number of oxazole rings is 1. The van der Waals surface area contributed by atoms with Crippen molar-refractivity contribution in [2.45, 2.75) is 51.4 Å². The van der Waals surface area contributed by atoms with Crippen LogP contribution in [0.5, 0.6) is 0 Å². The molecule has 8 aromatic rings. The van der Waals surface area contributed by atoms with Crippen LogP contribution in [-0.4, -0.2) is 4.98 Å². The zero-order valence-corrected chi connectivity index (χ0v) is 32.2. The lowest BCUT2D eigenvalue weighted by Crippen LogP contribution is -2.18. The molecule has 0 radical (unpaired) electrons. The van der Waals surface area contributed by atoms with Gasteiger partial charge < -0.3 is 9.32 Å². The molecule has 0 N–H and O–H groups in total. The van der Waals surface area contributed by atoms with Crippen LogP contribution in [0.4, 0.5) is 17.1 Å². The predicted molar refractivity (Wildman–Crippen MR) is 232 cm³/mol. The zero-order chi connectivity index (χ0) is 37.8. The molecule has 270 valence electrons. The number of aryl methyl sites for hydroxylation is 1. The summed E-state index contributed by atoms with van der Waals surface area (Å²) in [4.78, 5) is 7.28. The maximum Gasteiger partial charge on any atom is 0.227 e. The largest absolute Gasteiger partial charge is 0.436 e. The minimum atomic E-state index is -0.0941. The van der Waals surface area contributed by atoms with Crippen LogP contribution >= 0.6 is 0 Å². The molecular weight excluding hydrogens is 681 g/mol. The maximum atomic E-state index is 6.39. The number of rotatable bonds is 5. The van der Waals surface area contributed by atoms with Crippen molar-refractivity contribution in [2.75, 3.05) is 4.90 Å². The van der Waals surface area contributed by atoms with Crippen LogP contribution in [0.1, 0.15) is 73.1 Å². The van der Waals surface area contributed by atoms with Gasteiger partial charge in [0.15, 0.2) is 5.58 Å². The van der Waals surface area contributed by atoms with Gasteiger partial charge in [-0.2, -0.15) is 0 Å². The van der Waals surface area contributed by atoms with Gasteiger partial charge in [0.25, 0.3) is 0 Å². The number of allylic oxidation sites excluding steroid dienone is 1. The van der Waals surface area contributed by atoms with Crippen LogP contribution in [0.3, 0.4) is 0 Å². The molecule has 0 atom stereocenters. The topological polar surface area (TPSA) is 29.3 Å². The number of fused-ring (bicyclic) bond motifs is 9. The summed E-state index contributed by atoms with van der Waals surface area (Å²) in [7, 11) is 0. The Balaban J connectivity index is 0.994. The lowest BCUT2D eigenvalue weighted by atomic mass is 9.82. The zero-order valence-electron chi connectivity index (χ0n) is 32.2. The standard InChI is InChI=1S/C53H42N2O/c1-52(2)45-16-10-8-14-41(45)43-27-24-38(31-47(43)52)55(39-25-28-44-42-15-9-11-17-46(42)53(3,4)48(44)32-39)37-22-18-33(19-23-37)35-20-26-40-36(30-35)21-29-49-50(40)56-51(54-49)34-12-6-5-7-13-34/h5-19,21-25,27-32H,20,26H2,1-4H3. The Bertz CT molecular complexity index is 2800. The van der Waals surface area contributed by atoms with Crippen LogP contribution in [-0.2, 0) is 17.3 Å². The van der Waals surface area contributed by atoms with E-state index in [9.17, 15) is 0 Å². The molecule has 1 aromatic heterocycles. The van der Waals surface area contributed by atoms with Gasteiger partial charge in [-0.25, -0.2) is 4.98 Å². The summed E-state index contributed by atoms with van der Waals surface area (Å²) in [5, 5.41) is 0. The number of aromatic nitrogens is 1. The Morgan fingerprint density at radius 3 is 1.68 bits per heavy atom. The van der Waals surface area contributed by atoms with E-state index >= 15 is 0 Å². The summed E-state index contributed by atoms with van der Waals surface area (Å²) in [6.45, 7) is 9.45. The van der Waals surface area contributed by atoms with Gasteiger partial charge in [-0.1, -0.05) is 131 Å². The van der Waals surface area contributed by atoms with E-state index in [4.69, 9.17) is 9.40 Å². The second kappa shape index (κ2) is 12.0. The smallest absolute Gasteiger partial charge is 0.227 e. The quantitative estimate of drug-likeness (QED) is 0.177. The predicted octanol–water partition coefficient (Wildman–Crippen LogP) is 14.1. The summed E-state index contributed by atoms with van der Waals surface area (Å²) >= 11 is 0. The van der Waals surface area contributed by atoms with E-state index in [1.54, 1.807) is 0 Å². The molecule has 0 spiro atoms. The Morgan fingerprint density at radius 2 is 1.05 bits per heavy atom. The summed E-state index contributed by atoms with van der Waals surface area (Å²) in [6, 6.07) is 55.6. The Morgan fingerprint density at radius 1 is 0.500 bits per heavy atom. The number of anilines is 3. The number of benzene rings is 7. The van der Waals surface area contributed by atoms with Gasteiger partial charge >= 0.3 is 0 Å². The van der Waals surface area contributed by atoms with Crippen molar-refractivity contribution in [1.82, 2.24) is 4.98 Å². The molecule has 11 rings (SSSR count). The molecule has 0 saturated carbocycles. The molecule has 0 fully saturated rings. The molecule has 1 heterocycles. The lowest BCUT2D eigenvalue weighted by Gasteiger charge is -2.30. The summed E-state index contributed by atoms with van der Waals surface area (Å²) in [5.74, 6) is 0.678. The molecule has 3 heteroatoms. The molecule has 3 aliphatic carbocycles. The van der Waals surface area contributed by atoms with Gasteiger partial charge in [-0.3, -0.25) is 0 Å². The lowest BCUT2D eigenvalue weighted by molar-refractivity contribution is 0.614. The summed E-state index contributed by atoms with van der Waals surface area (Å²) in [5.41, 5.74) is 22.0. The summed E-state index contributed by atoms with van der Waals surface area (Å²) in [6.07, 6.45) is 4.20. The number of hydrogen-bond donors (Lipinski definition) is 0. The van der Waals surface area contributed by atoms with Gasteiger partial charge in [0.2, 0.25) is 5.89 Å². The van der Waals surface area contributed by atoms with E-state index in [0.717, 1.165) is 35.2 Å². The fourth-order valence-electron chi connectivity index (χ4n) is 9.84. The second-order valence-electron chi connectivity index (χ2n) is 16.7. The molecule has 7 aromatic carbocycles. The van der Waals surface area contributed by atoms with Crippen LogP contribution < -0.4 is 4.90 Å². The second-order valence-corrected chi connectivity index (χ2v) is 16.7. The molecule has 56 heavy (non-hydrogen) atoms. The van der Waals surface area contributed by atoms with Crippen LogP contribution in [0.2, 0.25) is 0 Å². The van der Waals surface area contributed by atoms with Crippen LogP contribution in [0.15, 0.2) is 156 Å². The van der Waals surface area contributed by atoms with Crippen molar-refractivity contribution in [2.24, 2.45) is 0 Å². The van der Waals surface area contributed by atoms with Gasteiger partial charge in [0.05, 0.1) is 0 Å². The fraction of sp³-hybridized carbons (Fsp3) is 0.151. The van der Waals surface area contributed by atoms with E-state index in [2.05, 4.69) is 160 Å². The normalized spacial score (nSPS) is 15.4. The minimum absolute atomic E-state index is 0.0941. The van der Waals surface area contributed by atoms with Crippen LogP contribution in [0, 0.1) is 0 Å². The third-order valence-electron chi connectivity index (χ3n) is 12.8. The highest BCUT2D eigenvalue weighted by Gasteiger charge is 2.37. The monoisotopic (exact) mass is 722 g/mol. The first-order chi connectivity index (χ1) is 27.3. The van der Waals surface area contributed by atoms with Crippen molar-refractivity contribution in [3.63, 3.8) is 0 Å². The van der Waals surface area contributed by atoms with Crippen molar-refractivity contribution >= 4 is 39.8 Å². The Kier molecular flexibility index (Phi) is 7.07. The molecular formula is C53H42N2O. The highest BCUT2D eigenvalue weighted by atomic mass is 16.3. The molecule has 0 unspecified atom stereocenters. The van der Waals surface area contributed by atoms with Crippen molar-refractivity contribution in [3.8, 4) is 33.7 Å². The van der Waals surface area contributed by atoms with Gasteiger partial charge in [-0.15, -0.1) is 0 Å². The number of hydrogen-bond acceptors (Lipinski definition) is 3. The van der Waals surface area contributed by atoms with E-state index in [1.165, 1.54) is 78.1 Å². The summed E-state index contributed by atoms with van der Waals surface area (Å²) < 4.78 is 6.39. The number of nitrogens with zero attached hydrogens (tertiary/aromatic N) is 2. The molecule has 0 aliphatic heterocycles. The average molecular weight is 723 g/mol. The third kappa shape index (κ3) is 4.86. The Labute approximate surface area is 328 Å². The van der Waals surface area contributed by atoms with Crippen molar-refractivity contribution < 1.29 is 4.42 Å². The Hall–Kier alpha value is -6.45. The van der Waals surface area contributed by atoms with E-state index < -0.39 is 0 Å². The van der Waals surface area contributed by atoms with E-state index in [0.29, 0.717) is 5.89 Å². The average Bonchev–Trinajstić information content (AvgIpc) is 3.85. The molecule has 0 amide bonds. The molecule has 3 nitrogen and oxygen atoms in total. The maximum absolute atomic E-state index is 6.39. The highest BCUT2D eigenvalue weighted by Crippen LogP contribution is 2.53. The van der Waals surface area contributed by atoms with Crippen LogP contribution in [0.25, 0.3) is 56.5 Å². The van der Waals surface area contributed by atoms with E-state index in [1.807, 2.05) is 30.3 Å². The van der Waals surface area contributed by atoms with Gasteiger partial charge in [0.1, 0.15) is 5.52 Å². The first kappa shape index (κ1) is 32.9. The molecule has 0 bridgehead atoms. The first-order valence-corrected chi connectivity index (χ1v) is 19.8. The van der Waals surface area contributed by atoms with Crippen molar-refractivity contribution in [3.05, 3.63) is 191 Å². The van der Waals surface area contributed by atoms with E-state index in [-0.39, 0.29) is 10.8 Å². The molecule has 0 saturated heterocycles. The van der Waals surface area contributed by atoms with Gasteiger partial charge in [-0.05, 0) is 129 Å².